The second-order valence-corrected chi connectivity index (χ2v) is 8.02. The first-order chi connectivity index (χ1) is 14.4. The van der Waals surface area contributed by atoms with Crippen molar-refractivity contribution in [2.75, 3.05) is 6.54 Å². The van der Waals surface area contributed by atoms with Crippen molar-refractivity contribution in [2.45, 2.75) is 31.7 Å². The molecular formula is C21H19ClF2N4OS. The fourth-order valence-corrected chi connectivity index (χ4v) is 4.33. The first-order valence-electron chi connectivity index (χ1n) is 9.54. The molecule has 30 heavy (non-hydrogen) atoms. The lowest BCUT2D eigenvalue weighted by Crippen LogP contribution is -2.27. The summed E-state index contributed by atoms with van der Waals surface area (Å²) in [4.78, 5) is 19.7. The molecule has 1 aliphatic heterocycles. The molecule has 0 bridgehead atoms. The van der Waals surface area contributed by atoms with Crippen molar-refractivity contribution in [3.05, 3.63) is 80.6 Å². The first-order valence-corrected chi connectivity index (χ1v) is 10.3. The lowest BCUT2D eigenvalue weighted by atomic mass is 9.95. The number of rotatable bonds is 6. The molecule has 1 unspecified atom stereocenters. The summed E-state index contributed by atoms with van der Waals surface area (Å²) in [6.07, 6.45) is 2.83. The summed E-state index contributed by atoms with van der Waals surface area (Å²) >= 11 is 11.2. The normalized spacial score (nSPS) is 15.2. The Labute approximate surface area is 182 Å². The van der Waals surface area contributed by atoms with E-state index in [1.54, 1.807) is 10.8 Å². The van der Waals surface area contributed by atoms with E-state index in [4.69, 9.17) is 23.8 Å². The number of amides is 1. The zero-order valence-corrected chi connectivity index (χ0v) is 17.5. The van der Waals surface area contributed by atoms with Gasteiger partial charge in [0.2, 0.25) is 5.91 Å². The van der Waals surface area contributed by atoms with Crippen molar-refractivity contribution in [1.82, 2.24) is 19.9 Å². The molecule has 0 radical (unpaired) electrons. The third kappa shape index (κ3) is 4.15. The number of aromatic amines is 1. The molecule has 2 aromatic heterocycles. The molecule has 0 aliphatic carbocycles. The number of carbonyl (C=O) groups is 1. The van der Waals surface area contributed by atoms with Crippen LogP contribution in [0, 0.1) is 16.4 Å². The summed E-state index contributed by atoms with van der Waals surface area (Å²) in [7, 11) is 0. The van der Waals surface area contributed by atoms with E-state index < -0.39 is 17.6 Å². The molecule has 4 rings (SSSR count). The number of fused-ring (bicyclic) bond motifs is 1. The van der Waals surface area contributed by atoms with Gasteiger partial charge < -0.3 is 14.9 Å². The number of nitrogens with one attached hydrogen (secondary N) is 2. The van der Waals surface area contributed by atoms with Crippen LogP contribution in [-0.2, 0) is 30.6 Å². The Morgan fingerprint density at radius 3 is 2.93 bits per heavy atom. The Morgan fingerprint density at radius 1 is 1.33 bits per heavy atom. The molecular weight excluding hydrogens is 430 g/mol. The highest BCUT2D eigenvalue weighted by atomic mass is 35.5. The lowest BCUT2D eigenvalue weighted by Gasteiger charge is -2.13. The van der Waals surface area contributed by atoms with Gasteiger partial charge in [0.05, 0.1) is 11.4 Å². The van der Waals surface area contributed by atoms with Crippen LogP contribution in [0.3, 0.4) is 0 Å². The van der Waals surface area contributed by atoms with Crippen molar-refractivity contribution >= 4 is 29.7 Å². The molecule has 9 heteroatoms. The summed E-state index contributed by atoms with van der Waals surface area (Å²) in [6.45, 7) is 0.800. The number of pyridine rings is 1. The summed E-state index contributed by atoms with van der Waals surface area (Å²) in [6, 6.07) is 8.02. The minimum absolute atomic E-state index is 0.0358. The predicted molar refractivity (Wildman–Crippen MR) is 112 cm³/mol. The second-order valence-electron chi connectivity index (χ2n) is 7.22. The molecule has 1 aliphatic rings. The number of hydrogen-bond donors (Lipinski definition) is 2. The number of H-pyrrole nitrogens is 1. The molecule has 0 fully saturated rings. The van der Waals surface area contributed by atoms with Gasteiger partial charge in [-0.3, -0.25) is 9.78 Å². The van der Waals surface area contributed by atoms with Crippen molar-refractivity contribution in [3.8, 4) is 0 Å². The Bertz CT molecular complexity index is 1150. The number of nitrogens with zero attached hydrogens (tertiary/aromatic N) is 2. The standard InChI is InChI=1S/C21H19ClF2N4OS/c22-14-4-5-15(23)19(20(14)24)12-9-17-16(27-21(30)28(17)11-12)10-18(29)26-8-6-13-3-1-2-7-25-13/h1-5,7,12H,6,8-11H2,(H,26,29)(H,27,30). The first kappa shape index (κ1) is 20.7. The van der Waals surface area contributed by atoms with Crippen molar-refractivity contribution in [3.63, 3.8) is 0 Å². The van der Waals surface area contributed by atoms with Gasteiger partial charge in [-0.25, -0.2) is 8.78 Å². The van der Waals surface area contributed by atoms with Crippen molar-refractivity contribution < 1.29 is 13.6 Å². The SMILES string of the molecule is O=C(Cc1[nH]c(=S)n2c1CC(c1c(F)ccc(Cl)c1F)C2)NCCc1ccccn1. The molecule has 2 N–H and O–H groups in total. The van der Waals surface area contributed by atoms with Gasteiger partial charge in [0.1, 0.15) is 11.6 Å². The summed E-state index contributed by atoms with van der Waals surface area (Å²) in [5.74, 6) is -1.96. The molecule has 0 saturated heterocycles. The van der Waals surface area contributed by atoms with E-state index in [9.17, 15) is 13.6 Å². The van der Waals surface area contributed by atoms with E-state index in [2.05, 4.69) is 15.3 Å². The maximum absolute atomic E-state index is 14.5. The number of hydrogen-bond acceptors (Lipinski definition) is 3. The number of halogens is 3. The number of aromatic nitrogens is 3. The maximum Gasteiger partial charge on any atom is 0.226 e. The van der Waals surface area contributed by atoms with E-state index in [0.717, 1.165) is 11.4 Å². The Morgan fingerprint density at radius 2 is 2.17 bits per heavy atom. The highest BCUT2D eigenvalue weighted by Gasteiger charge is 2.31. The summed E-state index contributed by atoms with van der Waals surface area (Å²) in [5.41, 5.74) is 2.33. The second kappa shape index (κ2) is 8.65. The molecule has 1 atom stereocenters. The zero-order valence-electron chi connectivity index (χ0n) is 15.9. The Hall–Kier alpha value is -2.58. The average molecular weight is 449 g/mol. The van der Waals surface area contributed by atoms with Gasteiger partial charge in [-0.05, 0) is 42.9 Å². The van der Waals surface area contributed by atoms with E-state index in [0.29, 0.717) is 36.4 Å². The van der Waals surface area contributed by atoms with Gasteiger partial charge in [0, 0.05) is 54.3 Å². The van der Waals surface area contributed by atoms with Gasteiger partial charge in [0.25, 0.3) is 0 Å². The molecule has 0 saturated carbocycles. The number of imidazole rings is 1. The molecule has 156 valence electrons. The monoisotopic (exact) mass is 448 g/mol. The molecule has 5 nitrogen and oxygen atoms in total. The van der Waals surface area contributed by atoms with Crippen molar-refractivity contribution in [1.29, 1.82) is 0 Å². The van der Waals surface area contributed by atoms with Gasteiger partial charge in [-0.2, -0.15) is 0 Å². The highest BCUT2D eigenvalue weighted by Crippen LogP contribution is 2.36. The van der Waals surface area contributed by atoms with E-state index >= 15 is 0 Å². The Balaban J connectivity index is 1.44. The highest BCUT2D eigenvalue weighted by molar-refractivity contribution is 7.71. The lowest BCUT2D eigenvalue weighted by molar-refractivity contribution is -0.120. The van der Waals surface area contributed by atoms with Gasteiger partial charge in [-0.1, -0.05) is 17.7 Å². The third-order valence-electron chi connectivity index (χ3n) is 5.27. The number of carbonyl (C=O) groups excluding carboxylic acids is 1. The number of benzene rings is 1. The smallest absolute Gasteiger partial charge is 0.226 e. The zero-order chi connectivity index (χ0) is 21.3. The van der Waals surface area contributed by atoms with Crippen molar-refractivity contribution in [2.24, 2.45) is 0 Å². The molecule has 3 aromatic rings. The quantitative estimate of drug-likeness (QED) is 0.440. The molecule has 1 amide bonds. The van der Waals surface area contributed by atoms with E-state index in [1.807, 2.05) is 18.2 Å². The molecule has 0 spiro atoms. The minimum atomic E-state index is -0.740. The van der Waals surface area contributed by atoms with Crippen LogP contribution in [0.5, 0.6) is 0 Å². The van der Waals surface area contributed by atoms with Gasteiger partial charge in [0.15, 0.2) is 4.77 Å². The minimum Gasteiger partial charge on any atom is -0.355 e. The van der Waals surface area contributed by atoms with Crippen LogP contribution >= 0.6 is 23.8 Å². The summed E-state index contributed by atoms with van der Waals surface area (Å²) in [5, 5.41) is 2.76. The fraction of sp³-hybridized carbons (Fsp3) is 0.286. The van der Waals surface area contributed by atoms with Gasteiger partial charge in [-0.15, -0.1) is 0 Å². The van der Waals surface area contributed by atoms with Crippen LogP contribution in [0.15, 0.2) is 36.5 Å². The van der Waals surface area contributed by atoms with Crippen LogP contribution in [-0.4, -0.2) is 27.0 Å². The van der Waals surface area contributed by atoms with Crippen LogP contribution in [0.25, 0.3) is 0 Å². The summed E-state index contributed by atoms with van der Waals surface area (Å²) < 4.78 is 31.0. The Kier molecular flexibility index (Phi) is 5.97. The molecule has 1 aromatic carbocycles. The van der Waals surface area contributed by atoms with Crippen LogP contribution < -0.4 is 5.32 Å². The van der Waals surface area contributed by atoms with Crippen LogP contribution in [0.4, 0.5) is 8.78 Å². The van der Waals surface area contributed by atoms with Crippen LogP contribution in [0.1, 0.15) is 28.6 Å². The predicted octanol–water partition coefficient (Wildman–Crippen LogP) is 4.11. The molecule has 3 heterocycles. The maximum atomic E-state index is 14.5. The van der Waals surface area contributed by atoms with Gasteiger partial charge >= 0.3 is 0 Å². The topological polar surface area (TPSA) is 62.7 Å². The largest absolute Gasteiger partial charge is 0.355 e. The van der Waals surface area contributed by atoms with Crippen LogP contribution in [0.2, 0.25) is 5.02 Å². The van der Waals surface area contributed by atoms with E-state index in [1.165, 1.54) is 12.1 Å². The van der Waals surface area contributed by atoms with E-state index in [-0.39, 0.29) is 22.9 Å². The fourth-order valence-electron chi connectivity index (χ4n) is 3.85. The third-order valence-corrected chi connectivity index (χ3v) is 5.89. The average Bonchev–Trinajstić information content (AvgIpc) is 3.27.